The monoisotopic (exact) mass is 349 g/mol. The molecule has 3 aromatic heterocycles. The number of methoxy groups -OCH3 is 1. The number of aliphatic hydroxyl groups excluding tert-OH is 1. The van der Waals surface area contributed by atoms with Gasteiger partial charge in [0.2, 0.25) is 0 Å². The quantitative estimate of drug-likeness (QED) is 0.780. The van der Waals surface area contributed by atoms with Crippen molar-refractivity contribution in [3.8, 4) is 22.9 Å². The van der Waals surface area contributed by atoms with Gasteiger partial charge in [-0.25, -0.2) is 9.50 Å². The summed E-state index contributed by atoms with van der Waals surface area (Å²) in [7, 11) is 1.60. The molecule has 7 heteroatoms. The van der Waals surface area contributed by atoms with Crippen molar-refractivity contribution in [1.82, 2.24) is 14.6 Å². The van der Waals surface area contributed by atoms with Crippen LogP contribution in [0, 0.1) is 11.3 Å². The minimum Gasteiger partial charge on any atom is -0.495 e. The van der Waals surface area contributed by atoms with Crippen molar-refractivity contribution in [3.63, 3.8) is 0 Å². The van der Waals surface area contributed by atoms with Crippen molar-refractivity contribution in [2.24, 2.45) is 0 Å². The number of pyridine rings is 2. The number of nitrogens with zero attached hydrogens (tertiary/aromatic N) is 5. The Balaban J connectivity index is 1.75. The molecule has 1 N–H and O–H groups in total. The summed E-state index contributed by atoms with van der Waals surface area (Å²) >= 11 is 0. The zero-order valence-electron chi connectivity index (χ0n) is 14.5. The first kappa shape index (κ1) is 16.4. The summed E-state index contributed by atoms with van der Waals surface area (Å²) in [6.07, 6.45) is 6.59. The van der Waals surface area contributed by atoms with E-state index in [4.69, 9.17) is 4.74 Å². The highest BCUT2D eigenvalue weighted by molar-refractivity contribution is 5.85. The molecule has 4 rings (SSSR count). The van der Waals surface area contributed by atoms with Crippen LogP contribution in [-0.4, -0.2) is 46.0 Å². The Labute approximate surface area is 151 Å². The van der Waals surface area contributed by atoms with E-state index in [-0.39, 0.29) is 6.10 Å². The van der Waals surface area contributed by atoms with Crippen molar-refractivity contribution in [2.75, 3.05) is 25.1 Å². The average molecular weight is 349 g/mol. The van der Waals surface area contributed by atoms with Crippen molar-refractivity contribution in [1.29, 1.82) is 5.26 Å². The third-order valence-electron chi connectivity index (χ3n) is 4.72. The number of rotatable bonds is 3. The summed E-state index contributed by atoms with van der Waals surface area (Å²) < 4.78 is 7.01. The van der Waals surface area contributed by atoms with Gasteiger partial charge < -0.3 is 14.7 Å². The lowest BCUT2D eigenvalue weighted by atomic mass is 10.0. The van der Waals surface area contributed by atoms with Crippen LogP contribution in [0.5, 0.6) is 5.75 Å². The largest absolute Gasteiger partial charge is 0.495 e. The lowest BCUT2D eigenvalue weighted by Gasteiger charge is -2.31. The lowest BCUT2D eigenvalue weighted by molar-refractivity contribution is 0.154. The lowest BCUT2D eigenvalue weighted by Crippen LogP contribution is -2.38. The Morgan fingerprint density at radius 3 is 2.92 bits per heavy atom. The molecule has 132 valence electrons. The van der Waals surface area contributed by atoms with E-state index in [1.807, 2.05) is 18.2 Å². The fraction of sp³-hybridized carbons (Fsp3) is 0.316. The van der Waals surface area contributed by atoms with Gasteiger partial charge in [0.15, 0.2) is 0 Å². The molecule has 0 radical (unpaired) electrons. The van der Waals surface area contributed by atoms with E-state index in [1.54, 1.807) is 30.2 Å². The first-order valence-corrected chi connectivity index (χ1v) is 8.54. The summed E-state index contributed by atoms with van der Waals surface area (Å²) in [5.41, 5.74) is 2.96. The van der Waals surface area contributed by atoms with Gasteiger partial charge >= 0.3 is 0 Å². The highest BCUT2D eigenvalue weighted by atomic mass is 16.5. The Hall–Kier alpha value is -3.11. The van der Waals surface area contributed by atoms with E-state index >= 15 is 0 Å². The molecule has 1 aliphatic rings. The van der Waals surface area contributed by atoms with Crippen LogP contribution in [0.2, 0.25) is 0 Å². The zero-order valence-corrected chi connectivity index (χ0v) is 14.5. The van der Waals surface area contributed by atoms with Gasteiger partial charge in [-0.3, -0.25) is 0 Å². The molecule has 7 nitrogen and oxygen atoms in total. The number of anilines is 1. The van der Waals surface area contributed by atoms with Gasteiger partial charge in [-0.05, 0) is 31.0 Å². The van der Waals surface area contributed by atoms with Crippen LogP contribution in [0.15, 0.2) is 36.8 Å². The van der Waals surface area contributed by atoms with Crippen LogP contribution in [0.25, 0.3) is 16.6 Å². The number of hydrogen-bond donors (Lipinski definition) is 1. The van der Waals surface area contributed by atoms with Crippen molar-refractivity contribution in [2.45, 2.75) is 18.9 Å². The molecule has 3 aromatic rings. The smallest absolute Gasteiger partial charge is 0.137 e. The third kappa shape index (κ3) is 2.85. The molecule has 1 fully saturated rings. The van der Waals surface area contributed by atoms with Gasteiger partial charge in [-0.2, -0.15) is 10.4 Å². The molecular weight excluding hydrogens is 330 g/mol. The molecule has 0 spiro atoms. The normalized spacial score (nSPS) is 17.3. The molecule has 0 bridgehead atoms. The van der Waals surface area contributed by atoms with Crippen molar-refractivity contribution in [3.05, 3.63) is 42.4 Å². The van der Waals surface area contributed by atoms with Gasteiger partial charge in [-0.1, -0.05) is 0 Å². The predicted octanol–water partition coefficient (Wildman–Crippen LogP) is 2.24. The minimum absolute atomic E-state index is 0.298. The zero-order chi connectivity index (χ0) is 18.1. The predicted molar refractivity (Wildman–Crippen MR) is 97.1 cm³/mol. The topological polar surface area (TPSA) is 86.7 Å². The fourth-order valence-electron chi connectivity index (χ4n) is 3.41. The van der Waals surface area contributed by atoms with Crippen LogP contribution >= 0.6 is 0 Å². The molecule has 1 aliphatic heterocycles. The number of ether oxygens (including phenoxy) is 1. The number of aromatic nitrogens is 3. The van der Waals surface area contributed by atoms with Crippen LogP contribution in [0.3, 0.4) is 0 Å². The molecule has 0 saturated carbocycles. The van der Waals surface area contributed by atoms with Crippen LogP contribution < -0.4 is 9.64 Å². The number of hydrogen-bond acceptors (Lipinski definition) is 6. The average Bonchev–Trinajstić information content (AvgIpc) is 3.10. The van der Waals surface area contributed by atoms with Gasteiger partial charge in [0.1, 0.15) is 17.6 Å². The van der Waals surface area contributed by atoms with E-state index in [2.05, 4.69) is 21.1 Å². The maximum absolute atomic E-state index is 9.86. The van der Waals surface area contributed by atoms with Crippen LogP contribution in [0.1, 0.15) is 18.4 Å². The van der Waals surface area contributed by atoms with Gasteiger partial charge in [0.05, 0.1) is 36.7 Å². The summed E-state index contributed by atoms with van der Waals surface area (Å²) in [6.45, 7) is 1.50. The number of β-amino-alcohol motifs (C(OH)–C–C–N with tert-alkyl or cyclic N) is 1. The summed E-state index contributed by atoms with van der Waals surface area (Å²) in [5.74, 6) is 1.50. The fourth-order valence-corrected chi connectivity index (χ4v) is 3.41. The number of piperidine rings is 1. The second-order valence-corrected chi connectivity index (χ2v) is 6.40. The first-order valence-electron chi connectivity index (χ1n) is 8.54. The highest BCUT2D eigenvalue weighted by Crippen LogP contribution is 2.31. The third-order valence-corrected chi connectivity index (χ3v) is 4.72. The maximum Gasteiger partial charge on any atom is 0.137 e. The summed E-state index contributed by atoms with van der Waals surface area (Å²) in [6, 6.07) is 8.00. The second kappa shape index (κ2) is 6.65. The van der Waals surface area contributed by atoms with Crippen LogP contribution in [0.4, 0.5) is 5.82 Å². The SMILES string of the molecule is COc1cc(-c2ccc(N3CCCC(O)C3)nc2)c2c(C#N)cnn2c1. The van der Waals surface area contributed by atoms with E-state index in [0.717, 1.165) is 41.8 Å². The molecule has 1 unspecified atom stereocenters. The van der Waals surface area contributed by atoms with E-state index in [1.165, 1.54) is 0 Å². The Bertz CT molecular complexity index is 974. The molecular formula is C19H19N5O2. The van der Waals surface area contributed by atoms with E-state index in [9.17, 15) is 10.4 Å². The standard InChI is InChI=1S/C19H19N5O2/c1-26-16-7-17(19-14(8-20)10-22-24(19)12-16)13-4-5-18(21-9-13)23-6-2-3-15(25)11-23/h4-5,7,9-10,12,15,25H,2-3,6,11H2,1H3. The number of fused-ring (bicyclic) bond motifs is 1. The molecule has 1 atom stereocenters. The number of nitriles is 1. The summed E-state index contributed by atoms with van der Waals surface area (Å²) in [5, 5.41) is 23.5. The number of aliphatic hydroxyl groups is 1. The van der Waals surface area contributed by atoms with Crippen LogP contribution in [-0.2, 0) is 0 Å². The second-order valence-electron chi connectivity index (χ2n) is 6.40. The maximum atomic E-state index is 9.86. The highest BCUT2D eigenvalue weighted by Gasteiger charge is 2.19. The molecule has 26 heavy (non-hydrogen) atoms. The van der Waals surface area contributed by atoms with E-state index < -0.39 is 0 Å². The Morgan fingerprint density at radius 2 is 2.23 bits per heavy atom. The molecule has 4 heterocycles. The van der Waals surface area contributed by atoms with Gasteiger partial charge in [-0.15, -0.1) is 0 Å². The van der Waals surface area contributed by atoms with Gasteiger partial charge in [0.25, 0.3) is 0 Å². The minimum atomic E-state index is -0.298. The van der Waals surface area contributed by atoms with Crippen molar-refractivity contribution >= 4 is 11.3 Å². The molecule has 1 saturated heterocycles. The van der Waals surface area contributed by atoms with Gasteiger partial charge in [0, 0.05) is 30.4 Å². The molecule has 0 aromatic carbocycles. The molecule has 0 aliphatic carbocycles. The first-order chi connectivity index (χ1) is 12.7. The Morgan fingerprint density at radius 1 is 1.35 bits per heavy atom. The van der Waals surface area contributed by atoms with E-state index in [0.29, 0.717) is 17.9 Å². The Kier molecular flexibility index (Phi) is 4.19. The summed E-state index contributed by atoms with van der Waals surface area (Å²) in [4.78, 5) is 6.67. The molecule has 0 amide bonds. The van der Waals surface area contributed by atoms with Crippen molar-refractivity contribution < 1.29 is 9.84 Å².